The summed E-state index contributed by atoms with van der Waals surface area (Å²) >= 11 is 1.52. The molecule has 0 aliphatic rings. The van der Waals surface area contributed by atoms with E-state index in [0.29, 0.717) is 5.75 Å². The van der Waals surface area contributed by atoms with E-state index < -0.39 is 12.0 Å². The molecule has 0 aromatic rings. The van der Waals surface area contributed by atoms with Crippen LogP contribution in [0.5, 0.6) is 0 Å². The SMILES string of the molecule is CCCSCC(=O)N[C@H](C(=O)O)C(C)C. The lowest BCUT2D eigenvalue weighted by molar-refractivity contribution is -0.142. The second kappa shape index (κ2) is 7.56. The molecule has 1 atom stereocenters. The summed E-state index contributed by atoms with van der Waals surface area (Å²) < 4.78 is 0. The summed E-state index contributed by atoms with van der Waals surface area (Å²) in [6.45, 7) is 5.59. The van der Waals surface area contributed by atoms with Gasteiger partial charge in [0, 0.05) is 0 Å². The number of aliphatic carboxylic acids is 1. The molecule has 2 N–H and O–H groups in total. The molecule has 0 spiro atoms. The second-order valence-electron chi connectivity index (χ2n) is 3.68. The van der Waals surface area contributed by atoms with Gasteiger partial charge in [0.1, 0.15) is 6.04 Å². The minimum Gasteiger partial charge on any atom is -0.480 e. The molecule has 0 bridgehead atoms. The predicted octanol–water partition coefficient (Wildman–Crippen LogP) is 1.35. The minimum absolute atomic E-state index is 0.0948. The Kier molecular flexibility index (Phi) is 7.21. The van der Waals surface area contributed by atoms with Crippen LogP contribution < -0.4 is 5.32 Å². The Morgan fingerprint density at radius 3 is 2.40 bits per heavy atom. The van der Waals surface area contributed by atoms with Crippen LogP contribution in [0.4, 0.5) is 0 Å². The zero-order chi connectivity index (χ0) is 11.8. The lowest BCUT2D eigenvalue weighted by Gasteiger charge is -2.17. The predicted molar refractivity (Wildman–Crippen MR) is 62.0 cm³/mol. The van der Waals surface area contributed by atoms with Crippen LogP contribution in [0.2, 0.25) is 0 Å². The van der Waals surface area contributed by atoms with Crippen LogP contribution in [0.3, 0.4) is 0 Å². The van der Waals surface area contributed by atoms with Crippen LogP contribution in [0, 0.1) is 5.92 Å². The van der Waals surface area contributed by atoms with Crippen LogP contribution in [0.1, 0.15) is 27.2 Å². The Bertz CT molecular complexity index is 219. The highest BCUT2D eigenvalue weighted by atomic mass is 32.2. The molecular formula is C10H19NO3S. The zero-order valence-electron chi connectivity index (χ0n) is 9.45. The van der Waals surface area contributed by atoms with Gasteiger partial charge in [-0.15, -0.1) is 0 Å². The first-order valence-electron chi connectivity index (χ1n) is 5.09. The molecule has 0 rings (SSSR count). The highest BCUT2D eigenvalue weighted by Gasteiger charge is 2.22. The van der Waals surface area contributed by atoms with Crippen molar-refractivity contribution >= 4 is 23.6 Å². The van der Waals surface area contributed by atoms with Crippen molar-refractivity contribution in [1.82, 2.24) is 5.32 Å². The van der Waals surface area contributed by atoms with Gasteiger partial charge < -0.3 is 10.4 Å². The van der Waals surface area contributed by atoms with E-state index in [9.17, 15) is 9.59 Å². The average Bonchev–Trinajstić information content (AvgIpc) is 2.13. The highest BCUT2D eigenvalue weighted by molar-refractivity contribution is 7.99. The number of thioether (sulfide) groups is 1. The molecule has 5 heteroatoms. The first-order valence-corrected chi connectivity index (χ1v) is 6.24. The van der Waals surface area contributed by atoms with E-state index in [4.69, 9.17) is 5.11 Å². The van der Waals surface area contributed by atoms with E-state index in [-0.39, 0.29) is 11.8 Å². The Balaban J connectivity index is 3.95. The molecule has 0 fully saturated rings. The van der Waals surface area contributed by atoms with Crippen molar-refractivity contribution in [3.63, 3.8) is 0 Å². The van der Waals surface area contributed by atoms with Gasteiger partial charge in [-0.25, -0.2) is 4.79 Å². The molecule has 0 radical (unpaired) electrons. The summed E-state index contributed by atoms with van der Waals surface area (Å²) in [5, 5.41) is 11.4. The molecule has 0 unspecified atom stereocenters. The lowest BCUT2D eigenvalue weighted by atomic mass is 10.1. The molecule has 0 aromatic carbocycles. The van der Waals surface area contributed by atoms with Crippen molar-refractivity contribution in [3.05, 3.63) is 0 Å². The number of rotatable bonds is 7. The third kappa shape index (κ3) is 6.38. The first-order chi connectivity index (χ1) is 6.99. The molecule has 0 saturated heterocycles. The summed E-state index contributed by atoms with van der Waals surface area (Å²) in [6, 6.07) is -0.778. The van der Waals surface area contributed by atoms with Gasteiger partial charge in [0.15, 0.2) is 0 Å². The normalized spacial score (nSPS) is 12.5. The van der Waals surface area contributed by atoms with Crippen LogP contribution in [-0.4, -0.2) is 34.5 Å². The van der Waals surface area contributed by atoms with Gasteiger partial charge in [-0.1, -0.05) is 20.8 Å². The van der Waals surface area contributed by atoms with Crippen molar-refractivity contribution in [2.45, 2.75) is 33.2 Å². The molecule has 15 heavy (non-hydrogen) atoms. The third-order valence-corrected chi connectivity index (χ3v) is 2.99. The van der Waals surface area contributed by atoms with E-state index in [2.05, 4.69) is 5.32 Å². The summed E-state index contributed by atoms with van der Waals surface area (Å²) in [5.41, 5.74) is 0. The molecule has 88 valence electrons. The standard InChI is InChI=1S/C10H19NO3S/c1-4-5-15-6-8(12)11-9(7(2)3)10(13)14/h7,9H,4-6H2,1-3H3,(H,11,12)(H,13,14)/t9-/m0/s1. The van der Waals surface area contributed by atoms with E-state index in [0.717, 1.165) is 12.2 Å². The van der Waals surface area contributed by atoms with Crippen molar-refractivity contribution in [1.29, 1.82) is 0 Å². The van der Waals surface area contributed by atoms with Gasteiger partial charge in [0.2, 0.25) is 5.91 Å². The van der Waals surface area contributed by atoms with Gasteiger partial charge in [-0.05, 0) is 18.1 Å². The van der Waals surface area contributed by atoms with Crippen molar-refractivity contribution in [2.24, 2.45) is 5.92 Å². The first kappa shape index (κ1) is 14.3. The van der Waals surface area contributed by atoms with Gasteiger partial charge >= 0.3 is 5.97 Å². The molecule has 0 aromatic heterocycles. The van der Waals surface area contributed by atoms with E-state index in [1.165, 1.54) is 11.8 Å². The number of hydrogen-bond donors (Lipinski definition) is 2. The molecule has 0 heterocycles. The smallest absolute Gasteiger partial charge is 0.326 e. The Labute approximate surface area is 94.8 Å². The van der Waals surface area contributed by atoms with Crippen LogP contribution in [-0.2, 0) is 9.59 Å². The van der Waals surface area contributed by atoms with Crippen molar-refractivity contribution < 1.29 is 14.7 Å². The number of carbonyl (C=O) groups excluding carboxylic acids is 1. The fourth-order valence-electron chi connectivity index (χ4n) is 1.04. The van der Waals surface area contributed by atoms with Gasteiger partial charge in [0.25, 0.3) is 0 Å². The molecular weight excluding hydrogens is 214 g/mol. The Morgan fingerprint density at radius 2 is 2.00 bits per heavy atom. The van der Waals surface area contributed by atoms with Gasteiger partial charge in [-0.3, -0.25) is 4.79 Å². The summed E-state index contributed by atoms with van der Waals surface area (Å²) in [6.07, 6.45) is 1.02. The molecule has 0 aliphatic heterocycles. The lowest BCUT2D eigenvalue weighted by Crippen LogP contribution is -2.45. The largest absolute Gasteiger partial charge is 0.480 e. The number of nitrogens with one attached hydrogen (secondary N) is 1. The van der Waals surface area contributed by atoms with Crippen LogP contribution >= 0.6 is 11.8 Å². The quantitative estimate of drug-likeness (QED) is 0.651. The Morgan fingerprint density at radius 1 is 1.40 bits per heavy atom. The highest BCUT2D eigenvalue weighted by Crippen LogP contribution is 2.04. The fraction of sp³-hybridized carbons (Fsp3) is 0.800. The van der Waals surface area contributed by atoms with E-state index in [1.54, 1.807) is 13.8 Å². The maximum Gasteiger partial charge on any atom is 0.326 e. The number of carbonyl (C=O) groups is 2. The maximum atomic E-state index is 11.3. The molecule has 1 amide bonds. The van der Waals surface area contributed by atoms with Gasteiger partial charge in [0.05, 0.1) is 5.75 Å². The molecule has 0 aliphatic carbocycles. The number of hydrogen-bond acceptors (Lipinski definition) is 3. The second-order valence-corrected chi connectivity index (χ2v) is 4.79. The molecule has 0 saturated carbocycles. The monoisotopic (exact) mass is 233 g/mol. The minimum atomic E-state index is -0.973. The summed E-state index contributed by atoms with van der Waals surface area (Å²) in [4.78, 5) is 22.1. The average molecular weight is 233 g/mol. The van der Waals surface area contributed by atoms with Gasteiger partial charge in [-0.2, -0.15) is 11.8 Å². The van der Waals surface area contributed by atoms with Crippen molar-refractivity contribution in [2.75, 3.05) is 11.5 Å². The Hall–Kier alpha value is -0.710. The third-order valence-electron chi connectivity index (χ3n) is 1.83. The van der Waals surface area contributed by atoms with E-state index >= 15 is 0 Å². The topological polar surface area (TPSA) is 66.4 Å². The number of carboxylic acid groups (broad SMARTS) is 1. The van der Waals surface area contributed by atoms with Crippen molar-refractivity contribution in [3.8, 4) is 0 Å². The number of carboxylic acids is 1. The van der Waals surface area contributed by atoms with Crippen LogP contribution in [0.15, 0.2) is 0 Å². The summed E-state index contributed by atoms with van der Waals surface area (Å²) in [7, 11) is 0. The fourth-order valence-corrected chi connectivity index (χ4v) is 1.74. The number of amides is 1. The van der Waals surface area contributed by atoms with Crippen LogP contribution in [0.25, 0.3) is 0 Å². The maximum absolute atomic E-state index is 11.3. The summed E-state index contributed by atoms with van der Waals surface area (Å²) in [5.74, 6) is -0.00649. The molecule has 4 nitrogen and oxygen atoms in total. The zero-order valence-corrected chi connectivity index (χ0v) is 10.3. The van der Waals surface area contributed by atoms with E-state index in [1.807, 2.05) is 6.92 Å².